The molecule has 1 aromatic carbocycles. The van der Waals surface area contributed by atoms with Gasteiger partial charge >= 0.3 is 0 Å². The maximum Gasteiger partial charge on any atom is 0.255 e. The van der Waals surface area contributed by atoms with E-state index in [1.807, 2.05) is 24.3 Å². The van der Waals surface area contributed by atoms with E-state index in [2.05, 4.69) is 9.97 Å². The molecule has 0 unspecified atom stereocenters. The number of hydrogen-bond donors (Lipinski definition) is 2. The Bertz CT molecular complexity index is 595. The topological polar surface area (TPSA) is 71.8 Å². The Labute approximate surface area is 110 Å². The molecule has 0 fully saturated rings. The minimum absolute atomic E-state index is 0.159. The molecule has 0 radical (unpaired) electrons. The summed E-state index contributed by atoms with van der Waals surface area (Å²) in [6.45, 7) is 0.205. The van der Waals surface area contributed by atoms with E-state index in [0.717, 1.165) is 12.0 Å². The number of hydrogen-bond acceptors (Lipinski definition) is 3. The SMILES string of the molecule is NCc1cnc(CCc2cccc(Cl)c2)[nH]c1=O. The molecule has 1 aromatic heterocycles. The molecule has 0 spiro atoms. The van der Waals surface area contributed by atoms with Crippen molar-refractivity contribution in [3.8, 4) is 0 Å². The van der Waals surface area contributed by atoms with Crippen LogP contribution < -0.4 is 11.3 Å². The highest BCUT2D eigenvalue weighted by Crippen LogP contribution is 2.12. The Balaban J connectivity index is 2.06. The van der Waals surface area contributed by atoms with Crippen molar-refractivity contribution in [2.24, 2.45) is 5.73 Å². The normalized spacial score (nSPS) is 10.6. The van der Waals surface area contributed by atoms with Crippen molar-refractivity contribution >= 4 is 11.6 Å². The number of nitrogens with two attached hydrogens (primary N) is 1. The fourth-order valence-electron chi connectivity index (χ4n) is 1.69. The second-order valence-corrected chi connectivity index (χ2v) is 4.45. The summed E-state index contributed by atoms with van der Waals surface area (Å²) >= 11 is 5.90. The van der Waals surface area contributed by atoms with Gasteiger partial charge in [-0.1, -0.05) is 23.7 Å². The van der Waals surface area contributed by atoms with E-state index in [0.29, 0.717) is 22.8 Å². The molecule has 0 atom stereocenters. The van der Waals surface area contributed by atoms with Gasteiger partial charge in [0.25, 0.3) is 5.56 Å². The molecule has 5 heteroatoms. The summed E-state index contributed by atoms with van der Waals surface area (Å²) in [4.78, 5) is 18.5. The van der Waals surface area contributed by atoms with Crippen molar-refractivity contribution < 1.29 is 0 Å². The van der Waals surface area contributed by atoms with Crippen LogP contribution in [0.25, 0.3) is 0 Å². The van der Waals surface area contributed by atoms with Gasteiger partial charge in [-0.15, -0.1) is 0 Å². The van der Waals surface area contributed by atoms with Crippen LogP contribution in [-0.4, -0.2) is 9.97 Å². The smallest absolute Gasteiger partial charge is 0.255 e. The summed E-state index contributed by atoms with van der Waals surface area (Å²) in [5.74, 6) is 0.664. The Kier molecular flexibility index (Phi) is 4.12. The number of aromatic amines is 1. The maximum absolute atomic E-state index is 11.5. The van der Waals surface area contributed by atoms with Crippen LogP contribution in [-0.2, 0) is 19.4 Å². The first kappa shape index (κ1) is 12.8. The second kappa shape index (κ2) is 5.80. The molecule has 2 aromatic rings. The lowest BCUT2D eigenvalue weighted by Crippen LogP contribution is -2.19. The zero-order valence-electron chi connectivity index (χ0n) is 9.82. The average Bonchev–Trinajstić information content (AvgIpc) is 2.37. The highest BCUT2D eigenvalue weighted by Gasteiger charge is 2.02. The summed E-state index contributed by atoms with van der Waals surface area (Å²) in [7, 11) is 0. The summed E-state index contributed by atoms with van der Waals surface area (Å²) in [5, 5.41) is 0.715. The minimum Gasteiger partial charge on any atom is -0.326 e. The maximum atomic E-state index is 11.5. The number of nitrogens with one attached hydrogen (secondary N) is 1. The van der Waals surface area contributed by atoms with Crippen LogP contribution in [0, 0.1) is 0 Å². The number of halogens is 1. The number of H-pyrrole nitrogens is 1. The van der Waals surface area contributed by atoms with Gasteiger partial charge in [0, 0.05) is 29.7 Å². The molecule has 0 aliphatic carbocycles. The van der Waals surface area contributed by atoms with Gasteiger partial charge in [0.15, 0.2) is 0 Å². The van der Waals surface area contributed by atoms with E-state index in [-0.39, 0.29) is 12.1 Å². The Hall–Kier alpha value is -1.65. The molecule has 94 valence electrons. The van der Waals surface area contributed by atoms with Crippen LogP contribution in [0.5, 0.6) is 0 Å². The van der Waals surface area contributed by atoms with Gasteiger partial charge in [0.05, 0.1) is 0 Å². The minimum atomic E-state index is -0.159. The van der Waals surface area contributed by atoms with Crippen LogP contribution in [0.1, 0.15) is 17.0 Å². The van der Waals surface area contributed by atoms with Crippen LogP contribution in [0.15, 0.2) is 35.3 Å². The molecule has 0 aliphatic rings. The largest absolute Gasteiger partial charge is 0.326 e. The van der Waals surface area contributed by atoms with E-state index in [9.17, 15) is 4.79 Å². The molecular formula is C13H14ClN3O. The van der Waals surface area contributed by atoms with Gasteiger partial charge in [0.1, 0.15) is 5.82 Å². The predicted octanol–water partition coefficient (Wildman–Crippen LogP) is 1.67. The lowest BCUT2D eigenvalue weighted by molar-refractivity contribution is 0.829. The number of aromatic nitrogens is 2. The van der Waals surface area contributed by atoms with E-state index in [1.54, 1.807) is 0 Å². The summed E-state index contributed by atoms with van der Waals surface area (Å²) < 4.78 is 0. The first-order chi connectivity index (χ1) is 8.69. The highest BCUT2D eigenvalue weighted by atomic mass is 35.5. The third-order valence-electron chi connectivity index (χ3n) is 2.69. The van der Waals surface area contributed by atoms with Gasteiger partial charge in [0.2, 0.25) is 0 Å². The van der Waals surface area contributed by atoms with E-state index < -0.39 is 0 Å². The van der Waals surface area contributed by atoms with Crippen LogP contribution in [0.2, 0.25) is 5.02 Å². The molecule has 1 heterocycles. The van der Waals surface area contributed by atoms with E-state index >= 15 is 0 Å². The van der Waals surface area contributed by atoms with E-state index in [1.165, 1.54) is 6.20 Å². The standard InChI is InChI=1S/C13H14ClN3O/c14-11-3-1-2-9(6-11)4-5-12-16-8-10(7-15)13(18)17-12/h1-3,6,8H,4-5,7,15H2,(H,16,17,18). The summed E-state index contributed by atoms with van der Waals surface area (Å²) in [5.41, 5.74) is 6.87. The zero-order valence-corrected chi connectivity index (χ0v) is 10.6. The van der Waals surface area contributed by atoms with Crippen LogP contribution in [0.3, 0.4) is 0 Å². The monoisotopic (exact) mass is 263 g/mol. The number of aryl methyl sites for hydroxylation is 2. The summed E-state index contributed by atoms with van der Waals surface area (Å²) in [6, 6.07) is 7.65. The lowest BCUT2D eigenvalue weighted by Gasteiger charge is -2.03. The lowest BCUT2D eigenvalue weighted by atomic mass is 10.1. The predicted molar refractivity (Wildman–Crippen MR) is 71.6 cm³/mol. The molecule has 0 bridgehead atoms. The second-order valence-electron chi connectivity index (χ2n) is 4.02. The fourth-order valence-corrected chi connectivity index (χ4v) is 1.90. The quantitative estimate of drug-likeness (QED) is 0.881. The van der Waals surface area contributed by atoms with Crippen molar-refractivity contribution in [2.45, 2.75) is 19.4 Å². The first-order valence-corrected chi connectivity index (χ1v) is 6.08. The fraction of sp³-hybridized carbons (Fsp3) is 0.231. The van der Waals surface area contributed by atoms with Gasteiger partial charge in [-0.2, -0.15) is 0 Å². The summed E-state index contributed by atoms with van der Waals surface area (Å²) in [6.07, 6.45) is 2.98. The van der Waals surface area contributed by atoms with Crippen LogP contribution >= 0.6 is 11.6 Å². The van der Waals surface area contributed by atoms with Crippen molar-refractivity contribution in [3.63, 3.8) is 0 Å². The molecule has 0 amide bonds. The Morgan fingerprint density at radius 3 is 2.83 bits per heavy atom. The molecule has 0 saturated carbocycles. The highest BCUT2D eigenvalue weighted by molar-refractivity contribution is 6.30. The van der Waals surface area contributed by atoms with Gasteiger partial charge in [-0.05, 0) is 24.1 Å². The zero-order chi connectivity index (χ0) is 13.0. The van der Waals surface area contributed by atoms with Gasteiger partial charge < -0.3 is 10.7 Å². The van der Waals surface area contributed by atoms with Gasteiger partial charge in [-0.25, -0.2) is 4.98 Å². The number of benzene rings is 1. The van der Waals surface area contributed by atoms with Crippen molar-refractivity contribution in [2.75, 3.05) is 0 Å². The van der Waals surface area contributed by atoms with Gasteiger partial charge in [-0.3, -0.25) is 4.79 Å². The van der Waals surface area contributed by atoms with Crippen molar-refractivity contribution in [1.82, 2.24) is 9.97 Å². The Morgan fingerprint density at radius 2 is 2.17 bits per heavy atom. The molecule has 2 rings (SSSR count). The number of nitrogens with zero attached hydrogens (tertiary/aromatic N) is 1. The van der Waals surface area contributed by atoms with Crippen molar-refractivity contribution in [1.29, 1.82) is 0 Å². The third-order valence-corrected chi connectivity index (χ3v) is 2.92. The third kappa shape index (κ3) is 3.18. The average molecular weight is 264 g/mol. The molecule has 0 saturated heterocycles. The van der Waals surface area contributed by atoms with E-state index in [4.69, 9.17) is 17.3 Å². The molecule has 4 nitrogen and oxygen atoms in total. The molecule has 18 heavy (non-hydrogen) atoms. The molecule has 0 aliphatic heterocycles. The van der Waals surface area contributed by atoms with Crippen molar-refractivity contribution in [3.05, 3.63) is 62.8 Å². The van der Waals surface area contributed by atoms with Crippen LogP contribution in [0.4, 0.5) is 0 Å². The molecular weight excluding hydrogens is 250 g/mol. The number of rotatable bonds is 4. The molecule has 3 N–H and O–H groups in total. The first-order valence-electron chi connectivity index (χ1n) is 5.70. The Morgan fingerprint density at radius 1 is 1.33 bits per heavy atom.